The molecule has 0 radical (unpaired) electrons. The quantitative estimate of drug-likeness (QED) is 0.585. The molecule has 1 saturated heterocycles. The monoisotopic (exact) mass is 168 g/mol. The molecule has 1 aliphatic heterocycles. The summed E-state index contributed by atoms with van der Waals surface area (Å²) in [4.78, 5) is 0. The molecular weight excluding hydrogens is 148 g/mol. The zero-order chi connectivity index (χ0) is 8.98. The summed E-state index contributed by atoms with van der Waals surface area (Å²) in [6.07, 6.45) is 2.68. The zero-order valence-electron chi connectivity index (χ0n) is 8.68. The molecule has 0 unspecified atom stereocenters. The van der Waals surface area contributed by atoms with Gasteiger partial charge in [-0.05, 0) is 43.9 Å². The smallest absolute Gasteiger partial charge is 0.0632 e. The van der Waals surface area contributed by atoms with E-state index < -0.39 is 0 Å². The van der Waals surface area contributed by atoms with Gasteiger partial charge in [-0.25, -0.2) is 0 Å². The Bertz CT molecular complexity index is 193. The van der Waals surface area contributed by atoms with E-state index in [2.05, 4.69) is 27.7 Å². The Morgan fingerprint density at radius 3 is 2.50 bits per heavy atom. The lowest BCUT2D eigenvalue weighted by atomic mass is 9.79. The molecule has 1 heteroatoms. The minimum Gasteiger partial charge on any atom is -0.375 e. The number of rotatable bonds is 1. The molecule has 0 N–H and O–H groups in total. The Morgan fingerprint density at radius 2 is 2.00 bits per heavy atom. The lowest BCUT2D eigenvalue weighted by Gasteiger charge is -2.37. The third kappa shape index (κ3) is 1.10. The van der Waals surface area contributed by atoms with Crippen LogP contribution in [0.15, 0.2) is 0 Å². The van der Waals surface area contributed by atoms with E-state index in [4.69, 9.17) is 4.74 Å². The second kappa shape index (κ2) is 2.25. The van der Waals surface area contributed by atoms with Crippen molar-refractivity contribution in [1.29, 1.82) is 0 Å². The summed E-state index contributed by atoms with van der Waals surface area (Å²) in [6, 6.07) is 0. The molecule has 0 aromatic heterocycles. The van der Waals surface area contributed by atoms with Crippen LogP contribution in [0.4, 0.5) is 0 Å². The largest absolute Gasteiger partial charge is 0.375 e. The van der Waals surface area contributed by atoms with Gasteiger partial charge in [-0.2, -0.15) is 0 Å². The summed E-state index contributed by atoms with van der Waals surface area (Å²) in [5.74, 6) is 1.72. The number of fused-ring (bicyclic) bond motifs is 1. The van der Waals surface area contributed by atoms with E-state index in [0.29, 0.717) is 5.41 Å². The van der Waals surface area contributed by atoms with Gasteiger partial charge in [0.05, 0.1) is 12.2 Å². The topological polar surface area (TPSA) is 9.23 Å². The molecule has 1 aliphatic carbocycles. The first-order valence-corrected chi connectivity index (χ1v) is 5.10. The number of ether oxygens (including phenoxy) is 1. The van der Waals surface area contributed by atoms with Crippen molar-refractivity contribution in [2.75, 3.05) is 6.61 Å². The van der Waals surface area contributed by atoms with Crippen LogP contribution in [0.1, 0.15) is 40.5 Å². The molecule has 0 amide bonds. The van der Waals surface area contributed by atoms with Gasteiger partial charge in [-0.1, -0.05) is 13.8 Å². The van der Waals surface area contributed by atoms with Crippen molar-refractivity contribution in [3.63, 3.8) is 0 Å². The highest BCUT2D eigenvalue weighted by molar-refractivity contribution is 5.09. The number of hydrogen-bond acceptors (Lipinski definition) is 1. The van der Waals surface area contributed by atoms with Gasteiger partial charge in [0.1, 0.15) is 0 Å². The molecule has 0 spiro atoms. The Labute approximate surface area is 75.5 Å². The minimum absolute atomic E-state index is 0.136. The van der Waals surface area contributed by atoms with Crippen LogP contribution in [0, 0.1) is 17.3 Å². The summed E-state index contributed by atoms with van der Waals surface area (Å²) in [7, 11) is 0. The molecule has 12 heavy (non-hydrogen) atoms. The minimum atomic E-state index is 0.136. The standard InChI is InChI=1S/C11H20O/c1-8(2)11-5-9(11)6-12-10(3,4)7-11/h8-9H,5-7H2,1-4H3/t9-,11+/m0/s1. The van der Waals surface area contributed by atoms with Gasteiger partial charge in [0, 0.05) is 0 Å². The Balaban J connectivity index is 2.12. The van der Waals surface area contributed by atoms with Crippen molar-refractivity contribution in [3.8, 4) is 0 Å². The van der Waals surface area contributed by atoms with E-state index in [9.17, 15) is 0 Å². The van der Waals surface area contributed by atoms with Gasteiger partial charge in [0.2, 0.25) is 0 Å². The van der Waals surface area contributed by atoms with Crippen LogP contribution in [-0.2, 0) is 4.74 Å². The molecule has 1 nitrogen and oxygen atoms in total. The third-order valence-electron chi connectivity index (χ3n) is 3.86. The fraction of sp³-hybridized carbons (Fsp3) is 1.00. The highest BCUT2D eigenvalue weighted by Crippen LogP contribution is 2.64. The second-order valence-corrected chi connectivity index (χ2v) is 5.54. The van der Waals surface area contributed by atoms with Crippen molar-refractivity contribution in [3.05, 3.63) is 0 Å². The fourth-order valence-corrected chi connectivity index (χ4v) is 2.92. The maximum Gasteiger partial charge on any atom is 0.0632 e. The van der Waals surface area contributed by atoms with Crippen molar-refractivity contribution >= 4 is 0 Å². The predicted molar refractivity (Wildman–Crippen MR) is 50.0 cm³/mol. The summed E-state index contributed by atoms with van der Waals surface area (Å²) >= 11 is 0. The zero-order valence-corrected chi connectivity index (χ0v) is 8.68. The lowest BCUT2D eigenvalue weighted by molar-refractivity contribution is -0.0838. The van der Waals surface area contributed by atoms with Gasteiger partial charge in [-0.15, -0.1) is 0 Å². The molecular formula is C11H20O. The van der Waals surface area contributed by atoms with Crippen LogP contribution in [0.5, 0.6) is 0 Å². The Hall–Kier alpha value is -0.0400. The molecule has 2 aliphatic rings. The van der Waals surface area contributed by atoms with Crippen LogP contribution in [0.2, 0.25) is 0 Å². The van der Waals surface area contributed by atoms with Crippen LogP contribution < -0.4 is 0 Å². The maximum atomic E-state index is 5.79. The van der Waals surface area contributed by atoms with Gasteiger partial charge >= 0.3 is 0 Å². The van der Waals surface area contributed by atoms with Crippen LogP contribution >= 0.6 is 0 Å². The molecule has 0 aromatic carbocycles. The second-order valence-electron chi connectivity index (χ2n) is 5.54. The predicted octanol–water partition coefficient (Wildman–Crippen LogP) is 2.85. The van der Waals surface area contributed by atoms with E-state index in [1.807, 2.05) is 0 Å². The maximum absolute atomic E-state index is 5.79. The summed E-state index contributed by atoms with van der Waals surface area (Å²) in [5.41, 5.74) is 0.791. The molecule has 1 saturated carbocycles. The molecule has 2 fully saturated rings. The Kier molecular flexibility index (Phi) is 1.61. The molecule has 2 rings (SSSR count). The molecule has 0 aromatic rings. The molecule has 2 atom stereocenters. The molecule has 1 heterocycles. The summed E-state index contributed by atoms with van der Waals surface area (Å²) in [5, 5.41) is 0. The number of hydrogen-bond donors (Lipinski definition) is 0. The van der Waals surface area contributed by atoms with E-state index in [-0.39, 0.29) is 5.60 Å². The van der Waals surface area contributed by atoms with Crippen LogP contribution in [-0.4, -0.2) is 12.2 Å². The van der Waals surface area contributed by atoms with Gasteiger partial charge in [0.15, 0.2) is 0 Å². The first-order valence-electron chi connectivity index (χ1n) is 5.10. The first kappa shape index (κ1) is 8.55. The summed E-state index contributed by atoms with van der Waals surface area (Å²) in [6.45, 7) is 10.2. The van der Waals surface area contributed by atoms with Crippen LogP contribution in [0.3, 0.4) is 0 Å². The van der Waals surface area contributed by atoms with Crippen LogP contribution in [0.25, 0.3) is 0 Å². The van der Waals surface area contributed by atoms with Crippen molar-refractivity contribution in [2.24, 2.45) is 17.3 Å². The normalized spacial score (nSPS) is 44.2. The lowest BCUT2D eigenvalue weighted by Crippen LogP contribution is -2.37. The van der Waals surface area contributed by atoms with Crippen molar-refractivity contribution in [1.82, 2.24) is 0 Å². The average Bonchev–Trinajstić information content (AvgIpc) is 2.60. The molecule has 70 valence electrons. The van der Waals surface area contributed by atoms with Gasteiger partial charge in [-0.3, -0.25) is 0 Å². The van der Waals surface area contributed by atoms with E-state index in [1.165, 1.54) is 12.8 Å². The van der Waals surface area contributed by atoms with E-state index in [1.54, 1.807) is 0 Å². The highest BCUT2D eigenvalue weighted by Gasteiger charge is 2.60. The third-order valence-corrected chi connectivity index (χ3v) is 3.86. The molecule has 0 bridgehead atoms. The fourth-order valence-electron chi connectivity index (χ4n) is 2.92. The first-order chi connectivity index (χ1) is 5.46. The Morgan fingerprint density at radius 1 is 1.33 bits per heavy atom. The average molecular weight is 168 g/mol. The van der Waals surface area contributed by atoms with E-state index >= 15 is 0 Å². The van der Waals surface area contributed by atoms with Gasteiger partial charge < -0.3 is 4.74 Å². The van der Waals surface area contributed by atoms with E-state index in [0.717, 1.165) is 18.4 Å². The van der Waals surface area contributed by atoms with Gasteiger partial charge in [0.25, 0.3) is 0 Å². The van der Waals surface area contributed by atoms with Crippen molar-refractivity contribution < 1.29 is 4.74 Å². The highest BCUT2D eigenvalue weighted by atomic mass is 16.5. The SMILES string of the molecule is CC(C)[C@]12C[C@H]1COC(C)(C)C2. The summed E-state index contributed by atoms with van der Waals surface area (Å²) < 4.78 is 5.79. The van der Waals surface area contributed by atoms with Crippen molar-refractivity contribution in [2.45, 2.75) is 46.1 Å².